The molecule has 1 aromatic heterocycles. The van der Waals surface area contributed by atoms with Gasteiger partial charge in [0.1, 0.15) is 17.5 Å². The molecule has 1 aromatic rings. The summed E-state index contributed by atoms with van der Waals surface area (Å²) in [5, 5.41) is 0. The lowest BCUT2D eigenvalue weighted by Gasteiger charge is -2.13. The Balaban J connectivity index is 3.07. The molecule has 0 spiro atoms. The Kier molecular flexibility index (Phi) is 3.02. The van der Waals surface area contributed by atoms with E-state index in [1.54, 1.807) is 6.07 Å². The van der Waals surface area contributed by atoms with Gasteiger partial charge in [-0.15, -0.1) is 0 Å². The summed E-state index contributed by atoms with van der Waals surface area (Å²) in [6, 6.07) is 1.80. The molecule has 72 valence electrons. The number of rotatable bonds is 3. The van der Waals surface area contributed by atoms with Crippen LogP contribution in [0.15, 0.2) is 6.07 Å². The smallest absolute Gasteiger partial charge is 0.145 e. The van der Waals surface area contributed by atoms with Crippen molar-refractivity contribution < 1.29 is 0 Å². The molecule has 0 radical (unpaired) electrons. The summed E-state index contributed by atoms with van der Waals surface area (Å²) in [6.07, 6.45) is 0.802. The summed E-state index contributed by atoms with van der Waals surface area (Å²) < 4.78 is 0. The highest BCUT2D eigenvalue weighted by atomic mass is 15.3. The molecule has 0 unspecified atom stereocenters. The Labute approximate surface area is 78.0 Å². The number of hydrogen-bond donors (Lipinski definition) is 2. The average Bonchev–Trinajstić information content (AvgIpc) is 2.16. The van der Waals surface area contributed by atoms with Crippen molar-refractivity contribution in [2.24, 2.45) is 5.84 Å². The van der Waals surface area contributed by atoms with E-state index < -0.39 is 0 Å². The van der Waals surface area contributed by atoms with Gasteiger partial charge in [0.05, 0.1) is 0 Å². The molecule has 0 aromatic carbocycles. The van der Waals surface area contributed by atoms with Gasteiger partial charge < -0.3 is 10.3 Å². The number of nitrogens with zero attached hydrogens (tertiary/aromatic N) is 3. The number of hydrogen-bond acceptors (Lipinski definition) is 5. The molecule has 0 saturated heterocycles. The minimum atomic E-state index is 0.649. The van der Waals surface area contributed by atoms with Gasteiger partial charge in [0, 0.05) is 26.6 Å². The van der Waals surface area contributed by atoms with Crippen molar-refractivity contribution in [3.05, 3.63) is 11.9 Å². The van der Waals surface area contributed by atoms with Gasteiger partial charge in [-0.1, -0.05) is 6.92 Å². The third kappa shape index (κ3) is 2.29. The van der Waals surface area contributed by atoms with Crippen molar-refractivity contribution in [1.29, 1.82) is 0 Å². The van der Waals surface area contributed by atoms with E-state index in [4.69, 9.17) is 5.84 Å². The van der Waals surface area contributed by atoms with Crippen LogP contribution in [0.1, 0.15) is 12.7 Å². The van der Waals surface area contributed by atoms with E-state index in [0.29, 0.717) is 5.82 Å². The molecular weight excluding hydrogens is 166 g/mol. The number of aromatic nitrogens is 2. The van der Waals surface area contributed by atoms with Gasteiger partial charge >= 0.3 is 0 Å². The van der Waals surface area contributed by atoms with E-state index >= 15 is 0 Å². The second-order valence-corrected chi connectivity index (χ2v) is 2.92. The van der Waals surface area contributed by atoms with E-state index in [9.17, 15) is 0 Å². The monoisotopic (exact) mass is 181 g/mol. The first kappa shape index (κ1) is 9.73. The van der Waals surface area contributed by atoms with Crippen LogP contribution in [0.3, 0.4) is 0 Å². The van der Waals surface area contributed by atoms with Crippen molar-refractivity contribution in [2.75, 3.05) is 24.4 Å². The maximum absolute atomic E-state index is 5.28. The largest absolute Gasteiger partial charge is 0.363 e. The van der Waals surface area contributed by atoms with Gasteiger partial charge in [-0.05, 0) is 0 Å². The third-order valence-corrected chi connectivity index (χ3v) is 1.68. The minimum absolute atomic E-state index is 0.649. The molecule has 3 N–H and O–H groups in total. The molecule has 1 heterocycles. The van der Waals surface area contributed by atoms with Crippen LogP contribution in [0.25, 0.3) is 0 Å². The zero-order valence-electron chi connectivity index (χ0n) is 8.20. The molecule has 1 rings (SSSR count). The maximum atomic E-state index is 5.28. The summed E-state index contributed by atoms with van der Waals surface area (Å²) in [4.78, 5) is 10.4. The second kappa shape index (κ2) is 4.04. The van der Waals surface area contributed by atoms with Crippen molar-refractivity contribution >= 4 is 11.6 Å². The molecule has 5 nitrogen and oxygen atoms in total. The fraction of sp³-hybridized carbons (Fsp3) is 0.500. The van der Waals surface area contributed by atoms with E-state index in [1.807, 2.05) is 25.9 Å². The van der Waals surface area contributed by atoms with Gasteiger partial charge in [-0.3, -0.25) is 0 Å². The lowest BCUT2D eigenvalue weighted by Crippen LogP contribution is -2.15. The van der Waals surface area contributed by atoms with Crippen LogP contribution in [0.2, 0.25) is 0 Å². The Morgan fingerprint density at radius 2 is 2.15 bits per heavy atom. The number of anilines is 2. The van der Waals surface area contributed by atoms with Crippen molar-refractivity contribution in [1.82, 2.24) is 9.97 Å². The van der Waals surface area contributed by atoms with Crippen LogP contribution < -0.4 is 16.2 Å². The second-order valence-electron chi connectivity index (χ2n) is 2.92. The predicted molar refractivity (Wildman–Crippen MR) is 53.5 cm³/mol. The highest BCUT2D eigenvalue weighted by molar-refractivity contribution is 5.47. The summed E-state index contributed by atoms with van der Waals surface area (Å²) >= 11 is 0. The number of nitrogens with one attached hydrogen (secondary N) is 1. The fourth-order valence-electron chi connectivity index (χ4n) is 0.944. The first-order valence-corrected chi connectivity index (χ1v) is 4.19. The third-order valence-electron chi connectivity index (χ3n) is 1.68. The van der Waals surface area contributed by atoms with E-state index in [2.05, 4.69) is 15.4 Å². The Hall–Kier alpha value is -1.36. The van der Waals surface area contributed by atoms with Crippen LogP contribution >= 0.6 is 0 Å². The number of aryl methyl sites for hydroxylation is 1. The lowest BCUT2D eigenvalue weighted by atomic mass is 10.4. The summed E-state index contributed by atoms with van der Waals surface area (Å²) in [7, 11) is 3.87. The number of nitrogens with two attached hydrogens (primary N) is 1. The van der Waals surface area contributed by atoms with Crippen LogP contribution in [0, 0.1) is 0 Å². The SMILES string of the molecule is CCc1nc(NN)cc(N(C)C)n1. The van der Waals surface area contributed by atoms with E-state index in [-0.39, 0.29) is 0 Å². The minimum Gasteiger partial charge on any atom is -0.363 e. The zero-order chi connectivity index (χ0) is 9.84. The number of nitrogen functional groups attached to an aromatic ring is 1. The molecule has 0 fully saturated rings. The summed E-state index contributed by atoms with van der Waals surface area (Å²) in [6.45, 7) is 2.01. The molecular formula is C8H15N5. The number of hydrazine groups is 1. The average molecular weight is 181 g/mol. The van der Waals surface area contributed by atoms with Gasteiger partial charge in [0.25, 0.3) is 0 Å². The predicted octanol–water partition coefficient (Wildman–Crippen LogP) is 0.391. The van der Waals surface area contributed by atoms with Crippen LogP contribution in [-0.4, -0.2) is 24.1 Å². The van der Waals surface area contributed by atoms with Gasteiger partial charge in [-0.2, -0.15) is 0 Å². The molecule has 0 aliphatic carbocycles. The lowest BCUT2D eigenvalue weighted by molar-refractivity contribution is 0.915. The van der Waals surface area contributed by atoms with Crippen molar-refractivity contribution in [3.63, 3.8) is 0 Å². The first-order chi connectivity index (χ1) is 6.17. The molecule has 0 aliphatic heterocycles. The first-order valence-electron chi connectivity index (χ1n) is 4.19. The van der Waals surface area contributed by atoms with Gasteiger partial charge in [-0.25, -0.2) is 15.8 Å². The molecule has 0 amide bonds. The Morgan fingerprint density at radius 1 is 1.46 bits per heavy atom. The normalized spacial score (nSPS) is 9.85. The van der Waals surface area contributed by atoms with E-state index in [0.717, 1.165) is 18.1 Å². The van der Waals surface area contributed by atoms with Gasteiger partial charge in [0.15, 0.2) is 0 Å². The summed E-state index contributed by atoms with van der Waals surface area (Å²) in [5.74, 6) is 7.58. The van der Waals surface area contributed by atoms with Crippen molar-refractivity contribution in [2.45, 2.75) is 13.3 Å². The highest BCUT2D eigenvalue weighted by Crippen LogP contribution is 2.12. The standard InChI is InChI=1S/C8H15N5/c1-4-6-10-7(12-9)5-8(11-6)13(2)3/h5H,4,9H2,1-3H3,(H,10,11,12). The quantitative estimate of drug-likeness (QED) is 0.521. The highest BCUT2D eigenvalue weighted by Gasteiger charge is 2.03. The van der Waals surface area contributed by atoms with Crippen LogP contribution in [0.4, 0.5) is 11.6 Å². The Morgan fingerprint density at radius 3 is 2.62 bits per heavy atom. The molecule has 13 heavy (non-hydrogen) atoms. The molecule has 5 heteroatoms. The van der Waals surface area contributed by atoms with Crippen LogP contribution in [0.5, 0.6) is 0 Å². The van der Waals surface area contributed by atoms with Crippen LogP contribution in [-0.2, 0) is 6.42 Å². The van der Waals surface area contributed by atoms with Crippen molar-refractivity contribution in [3.8, 4) is 0 Å². The van der Waals surface area contributed by atoms with Gasteiger partial charge in [0.2, 0.25) is 0 Å². The van der Waals surface area contributed by atoms with E-state index in [1.165, 1.54) is 0 Å². The molecule has 0 bridgehead atoms. The fourth-order valence-corrected chi connectivity index (χ4v) is 0.944. The zero-order valence-corrected chi connectivity index (χ0v) is 8.20. The molecule has 0 aliphatic rings. The maximum Gasteiger partial charge on any atom is 0.145 e. The topological polar surface area (TPSA) is 67.1 Å². The molecule has 0 atom stereocenters. The molecule has 0 saturated carbocycles. The Bertz CT molecular complexity index is 262. The summed E-state index contributed by atoms with van der Waals surface area (Å²) in [5.41, 5.74) is 2.52.